The van der Waals surface area contributed by atoms with Crippen LogP contribution in [-0.2, 0) is 47.6 Å². The largest absolute Gasteiger partial charge is 0.377 e. The third kappa shape index (κ3) is 37.6. The van der Waals surface area contributed by atoms with E-state index in [0.29, 0.717) is 65.7 Å². The molecule has 0 bridgehead atoms. The van der Waals surface area contributed by atoms with Crippen LogP contribution in [0.15, 0.2) is 0 Å². The Bertz CT molecular complexity index is 873. The Morgan fingerprint density at radius 3 is 1.13 bits per heavy atom. The first-order valence-electron chi connectivity index (χ1n) is 19.7. The summed E-state index contributed by atoms with van der Waals surface area (Å²) in [5, 5.41) is 8.26. The fraction of sp³-hybridized carbons (Fsp3) is 0.895. The molecule has 0 unspecified atom stereocenters. The van der Waals surface area contributed by atoms with Crippen molar-refractivity contribution in [3.63, 3.8) is 0 Å². The number of hydrogen-bond donors (Lipinski definition) is 4. The van der Waals surface area contributed by atoms with Crippen LogP contribution in [0.5, 0.6) is 0 Å². The molecule has 3 amide bonds. The van der Waals surface area contributed by atoms with Crippen LogP contribution >= 0.6 is 0 Å². The smallest absolute Gasteiger partial charge is 0.246 e. The van der Waals surface area contributed by atoms with Crippen LogP contribution in [0.2, 0.25) is 0 Å². The topological polar surface area (TPSA) is 186 Å². The SMILES string of the molecule is CC(C)(C)C(=O)COCCOCCNC(=O)COCCOCCNC(=O)COCCOCCNC(=O)CCCCCCCCCCCCCCCN. The maximum Gasteiger partial charge on any atom is 0.246 e. The summed E-state index contributed by atoms with van der Waals surface area (Å²) in [7, 11) is 0. The average Bonchev–Trinajstić information content (AvgIpc) is 3.11. The Labute approximate surface area is 314 Å². The molecule has 0 aromatic rings. The van der Waals surface area contributed by atoms with Crippen LogP contribution in [0.3, 0.4) is 0 Å². The molecule has 0 rings (SSSR count). The van der Waals surface area contributed by atoms with Crippen molar-refractivity contribution in [1.29, 1.82) is 0 Å². The molecule has 0 radical (unpaired) electrons. The molecule has 306 valence electrons. The van der Waals surface area contributed by atoms with Crippen molar-refractivity contribution in [3.8, 4) is 0 Å². The van der Waals surface area contributed by atoms with E-state index < -0.39 is 5.41 Å². The number of hydrogen-bond acceptors (Lipinski definition) is 11. The Morgan fingerprint density at radius 1 is 0.423 bits per heavy atom. The number of carbonyl (C=O) groups is 4. The summed E-state index contributed by atoms with van der Waals surface area (Å²) in [6.45, 7) is 10.2. The van der Waals surface area contributed by atoms with Crippen LogP contribution in [0.4, 0.5) is 0 Å². The van der Waals surface area contributed by atoms with Gasteiger partial charge in [-0.15, -0.1) is 0 Å². The molecule has 0 heterocycles. The highest BCUT2D eigenvalue weighted by molar-refractivity contribution is 5.84. The molecular weight excluding hydrogens is 672 g/mol. The van der Waals surface area contributed by atoms with E-state index in [9.17, 15) is 19.2 Å². The molecule has 0 saturated carbocycles. The Hall–Kier alpha value is -2.20. The lowest BCUT2D eigenvalue weighted by molar-refractivity contribution is -0.131. The lowest BCUT2D eigenvalue weighted by Crippen LogP contribution is -2.32. The van der Waals surface area contributed by atoms with E-state index >= 15 is 0 Å². The molecule has 14 heteroatoms. The summed E-state index contributed by atoms with van der Waals surface area (Å²) in [6, 6.07) is 0. The van der Waals surface area contributed by atoms with E-state index in [1.807, 2.05) is 20.8 Å². The number of nitrogens with two attached hydrogens (primary N) is 1. The maximum atomic E-state index is 12.0. The summed E-state index contributed by atoms with van der Waals surface area (Å²) < 4.78 is 32.1. The lowest BCUT2D eigenvalue weighted by Gasteiger charge is -2.16. The molecule has 0 atom stereocenters. The predicted molar refractivity (Wildman–Crippen MR) is 202 cm³/mol. The molecule has 0 fully saturated rings. The van der Waals surface area contributed by atoms with Crippen molar-refractivity contribution in [1.82, 2.24) is 16.0 Å². The van der Waals surface area contributed by atoms with Gasteiger partial charge in [0.05, 0.1) is 59.5 Å². The van der Waals surface area contributed by atoms with E-state index in [4.69, 9.17) is 34.2 Å². The second-order valence-corrected chi connectivity index (χ2v) is 13.9. The fourth-order valence-electron chi connectivity index (χ4n) is 4.72. The summed E-state index contributed by atoms with van der Waals surface area (Å²) >= 11 is 0. The first-order valence-corrected chi connectivity index (χ1v) is 19.7. The van der Waals surface area contributed by atoms with Crippen molar-refractivity contribution < 1.29 is 47.6 Å². The van der Waals surface area contributed by atoms with Gasteiger partial charge in [0.1, 0.15) is 19.8 Å². The van der Waals surface area contributed by atoms with Crippen molar-refractivity contribution in [2.45, 2.75) is 111 Å². The first-order chi connectivity index (χ1) is 25.2. The summed E-state index contributed by atoms with van der Waals surface area (Å²) in [5.41, 5.74) is 5.10. The van der Waals surface area contributed by atoms with Crippen molar-refractivity contribution in [2.75, 3.05) is 105 Å². The van der Waals surface area contributed by atoms with Crippen molar-refractivity contribution in [2.24, 2.45) is 11.1 Å². The van der Waals surface area contributed by atoms with Gasteiger partial charge in [-0.2, -0.15) is 0 Å². The molecular formula is C38H74N4O10. The molecule has 5 N–H and O–H groups in total. The molecule has 0 saturated heterocycles. The highest BCUT2D eigenvalue weighted by Crippen LogP contribution is 2.14. The fourth-order valence-corrected chi connectivity index (χ4v) is 4.72. The van der Waals surface area contributed by atoms with Crippen LogP contribution < -0.4 is 21.7 Å². The van der Waals surface area contributed by atoms with Crippen LogP contribution in [0, 0.1) is 5.41 Å². The number of ketones is 1. The molecule has 0 spiro atoms. The Kier molecular flexibility index (Phi) is 35.6. The Morgan fingerprint density at radius 2 is 0.750 bits per heavy atom. The predicted octanol–water partition coefficient (Wildman–Crippen LogP) is 3.47. The van der Waals surface area contributed by atoms with Gasteiger partial charge in [-0.1, -0.05) is 91.4 Å². The van der Waals surface area contributed by atoms with E-state index in [1.165, 1.54) is 64.2 Å². The van der Waals surface area contributed by atoms with Gasteiger partial charge in [0.2, 0.25) is 17.7 Å². The zero-order chi connectivity index (χ0) is 38.4. The molecule has 52 heavy (non-hydrogen) atoms. The highest BCUT2D eigenvalue weighted by atomic mass is 16.5. The quantitative estimate of drug-likeness (QED) is 0.0676. The summed E-state index contributed by atoms with van der Waals surface area (Å²) in [5.74, 6) is -0.415. The zero-order valence-corrected chi connectivity index (χ0v) is 32.9. The van der Waals surface area contributed by atoms with E-state index in [0.717, 1.165) is 25.8 Å². The van der Waals surface area contributed by atoms with E-state index in [1.54, 1.807) is 0 Å². The number of nitrogens with one attached hydrogen (secondary N) is 3. The van der Waals surface area contributed by atoms with Gasteiger partial charge >= 0.3 is 0 Å². The second kappa shape index (κ2) is 37.1. The number of ether oxygens (including phenoxy) is 6. The zero-order valence-electron chi connectivity index (χ0n) is 32.9. The number of amides is 3. The first kappa shape index (κ1) is 49.8. The maximum absolute atomic E-state index is 12.0. The molecule has 14 nitrogen and oxygen atoms in total. The number of rotatable bonds is 39. The third-order valence-electron chi connectivity index (χ3n) is 7.97. The van der Waals surface area contributed by atoms with Gasteiger partial charge in [0.25, 0.3) is 0 Å². The van der Waals surface area contributed by atoms with Crippen LogP contribution in [0.25, 0.3) is 0 Å². The second-order valence-electron chi connectivity index (χ2n) is 13.9. The minimum Gasteiger partial charge on any atom is -0.377 e. The van der Waals surface area contributed by atoms with Crippen LogP contribution in [0.1, 0.15) is 111 Å². The molecule has 0 aliphatic carbocycles. The highest BCUT2D eigenvalue weighted by Gasteiger charge is 2.20. The summed E-state index contributed by atoms with van der Waals surface area (Å²) in [6.07, 6.45) is 16.8. The Balaban J connectivity index is 3.35. The van der Waals surface area contributed by atoms with Gasteiger partial charge in [-0.05, 0) is 19.4 Å². The van der Waals surface area contributed by atoms with Crippen molar-refractivity contribution in [3.05, 3.63) is 0 Å². The molecule has 0 aliphatic rings. The third-order valence-corrected chi connectivity index (χ3v) is 7.97. The normalized spacial score (nSPS) is 11.5. The lowest BCUT2D eigenvalue weighted by atomic mass is 9.91. The summed E-state index contributed by atoms with van der Waals surface area (Å²) in [4.78, 5) is 47.4. The van der Waals surface area contributed by atoms with E-state index in [2.05, 4.69) is 16.0 Å². The minimum atomic E-state index is -0.418. The van der Waals surface area contributed by atoms with Gasteiger partial charge in [0, 0.05) is 31.5 Å². The van der Waals surface area contributed by atoms with Gasteiger partial charge < -0.3 is 50.1 Å². The van der Waals surface area contributed by atoms with Gasteiger partial charge in [0.15, 0.2) is 5.78 Å². The van der Waals surface area contributed by atoms with E-state index in [-0.39, 0.29) is 63.1 Å². The van der Waals surface area contributed by atoms with Crippen LogP contribution in [-0.4, -0.2) is 129 Å². The number of Topliss-reactive ketones (excluding diaryl/α,β-unsaturated/α-hetero) is 1. The minimum absolute atomic E-state index is 0.0374. The van der Waals surface area contributed by atoms with Gasteiger partial charge in [-0.25, -0.2) is 0 Å². The molecule has 0 aromatic carbocycles. The van der Waals surface area contributed by atoms with Gasteiger partial charge in [-0.3, -0.25) is 19.2 Å². The standard InChI is InChI=1S/C38H74N4O10/c1-38(2,3)34(43)31-50-28-25-48-23-20-41-36(45)33-52-30-27-49-24-21-42-37(46)32-51-29-26-47-22-19-40-35(44)17-15-13-11-9-7-5-4-6-8-10-12-14-16-18-39/h4-33,39H2,1-3H3,(H,40,44)(H,41,45)(H,42,46). The number of unbranched alkanes of at least 4 members (excludes halogenated alkanes) is 12. The average molecular weight is 747 g/mol. The molecule has 0 aromatic heterocycles. The molecule has 0 aliphatic heterocycles. The van der Waals surface area contributed by atoms with Crippen molar-refractivity contribution >= 4 is 23.5 Å². The monoisotopic (exact) mass is 747 g/mol. The number of carbonyl (C=O) groups excluding carboxylic acids is 4.